The molecule has 1 heterocycles. The van der Waals surface area contributed by atoms with Crippen molar-refractivity contribution in [3.63, 3.8) is 0 Å². The first-order valence-corrected chi connectivity index (χ1v) is 6.41. The molecule has 0 bridgehead atoms. The van der Waals surface area contributed by atoms with Crippen molar-refractivity contribution >= 4 is 32.3 Å². The molecule has 4 heteroatoms. The highest BCUT2D eigenvalue weighted by Crippen LogP contribution is 2.29. The van der Waals surface area contributed by atoms with E-state index in [0.29, 0.717) is 5.92 Å². The Labute approximate surface area is 98.2 Å². The molecule has 0 aliphatic carbocycles. The van der Waals surface area contributed by atoms with Gasteiger partial charge in [-0.25, -0.2) is 0 Å². The first-order valence-electron chi connectivity index (χ1n) is 4.80. The molecule has 1 atom stereocenters. The van der Waals surface area contributed by atoms with Crippen LogP contribution in [0.25, 0.3) is 0 Å². The predicted molar refractivity (Wildman–Crippen MR) is 68.1 cm³/mol. The number of thiophene rings is 1. The molecular formula is C10H17BrN2S. The molecule has 0 saturated carbocycles. The second kappa shape index (κ2) is 5.73. The minimum Gasteiger partial charge on any atom is -0.366 e. The zero-order chi connectivity index (χ0) is 10.6. The molecule has 0 fully saturated rings. The fourth-order valence-electron chi connectivity index (χ4n) is 1.44. The standard InChI is InChI=1S/C10H17BrN2S/c1-8(5-6-12)7-13(2)10-4-3-9(11)14-10/h3-4,8H,5-7,12H2,1-2H3. The molecule has 0 saturated heterocycles. The zero-order valence-electron chi connectivity index (χ0n) is 8.66. The minimum absolute atomic E-state index is 0.658. The van der Waals surface area contributed by atoms with Crippen LogP contribution >= 0.6 is 27.3 Å². The van der Waals surface area contributed by atoms with E-state index in [1.54, 1.807) is 11.3 Å². The van der Waals surface area contributed by atoms with Gasteiger partial charge in [0.05, 0.1) is 8.79 Å². The summed E-state index contributed by atoms with van der Waals surface area (Å²) in [7, 11) is 2.13. The van der Waals surface area contributed by atoms with E-state index in [4.69, 9.17) is 5.73 Å². The van der Waals surface area contributed by atoms with Crippen LogP contribution in [0, 0.1) is 5.92 Å². The van der Waals surface area contributed by atoms with Gasteiger partial charge in [-0.2, -0.15) is 0 Å². The van der Waals surface area contributed by atoms with Crippen molar-refractivity contribution in [2.24, 2.45) is 11.7 Å². The molecule has 1 aromatic heterocycles. The Morgan fingerprint density at radius 1 is 1.57 bits per heavy atom. The summed E-state index contributed by atoms with van der Waals surface area (Å²) in [4.78, 5) is 2.29. The molecule has 0 aliphatic heterocycles. The van der Waals surface area contributed by atoms with Crippen molar-refractivity contribution in [2.45, 2.75) is 13.3 Å². The Morgan fingerprint density at radius 3 is 2.79 bits per heavy atom. The summed E-state index contributed by atoms with van der Waals surface area (Å²) in [6.45, 7) is 4.10. The van der Waals surface area contributed by atoms with Gasteiger partial charge in [-0.3, -0.25) is 0 Å². The van der Waals surface area contributed by atoms with Gasteiger partial charge in [0.25, 0.3) is 0 Å². The monoisotopic (exact) mass is 276 g/mol. The van der Waals surface area contributed by atoms with Gasteiger partial charge >= 0.3 is 0 Å². The van der Waals surface area contributed by atoms with Crippen LogP contribution in [0.3, 0.4) is 0 Å². The molecule has 0 aromatic carbocycles. The van der Waals surface area contributed by atoms with E-state index in [9.17, 15) is 0 Å². The van der Waals surface area contributed by atoms with Crippen LogP contribution in [0.1, 0.15) is 13.3 Å². The van der Waals surface area contributed by atoms with Crippen molar-refractivity contribution in [1.82, 2.24) is 0 Å². The van der Waals surface area contributed by atoms with E-state index in [1.807, 2.05) is 0 Å². The van der Waals surface area contributed by atoms with E-state index in [2.05, 4.69) is 46.9 Å². The molecule has 0 spiro atoms. The van der Waals surface area contributed by atoms with Gasteiger partial charge in [0, 0.05) is 13.6 Å². The summed E-state index contributed by atoms with van der Waals surface area (Å²) < 4.78 is 1.19. The third-order valence-corrected chi connectivity index (χ3v) is 3.92. The van der Waals surface area contributed by atoms with Crippen molar-refractivity contribution in [3.8, 4) is 0 Å². The second-order valence-electron chi connectivity index (χ2n) is 3.64. The van der Waals surface area contributed by atoms with Crippen molar-refractivity contribution in [2.75, 3.05) is 25.0 Å². The van der Waals surface area contributed by atoms with Crippen LogP contribution in [0.5, 0.6) is 0 Å². The van der Waals surface area contributed by atoms with Crippen LogP contribution in [0.2, 0.25) is 0 Å². The van der Waals surface area contributed by atoms with E-state index in [-0.39, 0.29) is 0 Å². The Kier molecular flexibility index (Phi) is 4.92. The quantitative estimate of drug-likeness (QED) is 0.896. The molecular weight excluding hydrogens is 260 g/mol. The fraction of sp³-hybridized carbons (Fsp3) is 0.600. The van der Waals surface area contributed by atoms with Gasteiger partial charge in [-0.05, 0) is 46.9 Å². The first-order chi connectivity index (χ1) is 6.63. The van der Waals surface area contributed by atoms with Gasteiger partial charge in [-0.1, -0.05) is 6.92 Å². The lowest BCUT2D eigenvalue weighted by molar-refractivity contribution is 0.541. The highest BCUT2D eigenvalue weighted by Gasteiger charge is 2.08. The molecule has 1 unspecified atom stereocenters. The number of halogens is 1. The summed E-state index contributed by atoms with van der Waals surface area (Å²) >= 11 is 5.24. The third kappa shape index (κ3) is 3.59. The third-order valence-electron chi connectivity index (χ3n) is 2.18. The maximum Gasteiger partial charge on any atom is 0.0917 e. The number of anilines is 1. The number of hydrogen-bond acceptors (Lipinski definition) is 3. The summed E-state index contributed by atoms with van der Waals surface area (Å²) in [5.74, 6) is 0.658. The van der Waals surface area contributed by atoms with Gasteiger partial charge < -0.3 is 10.6 Å². The zero-order valence-corrected chi connectivity index (χ0v) is 11.1. The number of nitrogens with two attached hydrogens (primary N) is 1. The van der Waals surface area contributed by atoms with E-state index in [1.165, 1.54) is 8.79 Å². The summed E-state index contributed by atoms with van der Waals surface area (Å²) in [6, 6.07) is 4.23. The van der Waals surface area contributed by atoms with E-state index >= 15 is 0 Å². The number of rotatable bonds is 5. The largest absolute Gasteiger partial charge is 0.366 e. The fourth-order valence-corrected chi connectivity index (χ4v) is 2.78. The van der Waals surface area contributed by atoms with Crippen LogP contribution < -0.4 is 10.6 Å². The van der Waals surface area contributed by atoms with Crippen molar-refractivity contribution in [3.05, 3.63) is 15.9 Å². The average molecular weight is 277 g/mol. The van der Waals surface area contributed by atoms with Crippen LogP contribution in [-0.4, -0.2) is 20.1 Å². The molecule has 0 amide bonds. The second-order valence-corrected chi connectivity index (χ2v) is 6.08. The van der Waals surface area contributed by atoms with Gasteiger partial charge in [0.1, 0.15) is 0 Å². The Morgan fingerprint density at radius 2 is 2.29 bits per heavy atom. The normalized spacial score (nSPS) is 12.9. The Hall–Kier alpha value is -0.0600. The number of hydrogen-bond donors (Lipinski definition) is 1. The average Bonchev–Trinajstić information content (AvgIpc) is 2.52. The number of nitrogens with zero attached hydrogens (tertiary/aromatic N) is 1. The van der Waals surface area contributed by atoms with Crippen LogP contribution in [0.4, 0.5) is 5.00 Å². The summed E-state index contributed by atoms with van der Waals surface area (Å²) in [6.07, 6.45) is 1.09. The lowest BCUT2D eigenvalue weighted by Crippen LogP contribution is -2.24. The summed E-state index contributed by atoms with van der Waals surface area (Å²) in [5, 5.41) is 1.31. The van der Waals surface area contributed by atoms with Gasteiger partial charge in [-0.15, -0.1) is 11.3 Å². The SMILES string of the molecule is CC(CCN)CN(C)c1ccc(Br)s1. The molecule has 0 aliphatic rings. The van der Waals surface area contributed by atoms with E-state index < -0.39 is 0 Å². The maximum absolute atomic E-state index is 5.52. The first kappa shape index (κ1) is 12.0. The van der Waals surface area contributed by atoms with Crippen LogP contribution in [0.15, 0.2) is 15.9 Å². The summed E-state index contributed by atoms with van der Waals surface area (Å²) in [5.41, 5.74) is 5.52. The highest BCUT2D eigenvalue weighted by molar-refractivity contribution is 9.11. The molecule has 2 N–H and O–H groups in total. The van der Waals surface area contributed by atoms with Crippen molar-refractivity contribution < 1.29 is 0 Å². The molecule has 2 nitrogen and oxygen atoms in total. The van der Waals surface area contributed by atoms with Crippen molar-refractivity contribution in [1.29, 1.82) is 0 Å². The Balaban J connectivity index is 2.45. The van der Waals surface area contributed by atoms with Crippen LogP contribution in [-0.2, 0) is 0 Å². The van der Waals surface area contributed by atoms with Gasteiger partial charge in [0.15, 0.2) is 0 Å². The topological polar surface area (TPSA) is 29.3 Å². The smallest absolute Gasteiger partial charge is 0.0917 e. The lowest BCUT2D eigenvalue weighted by atomic mass is 10.1. The predicted octanol–water partition coefficient (Wildman–Crippen LogP) is 2.93. The highest BCUT2D eigenvalue weighted by atomic mass is 79.9. The van der Waals surface area contributed by atoms with E-state index in [0.717, 1.165) is 19.5 Å². The molecule has 0 radical (unpaired) electrons. The molecule has 1 rings (SSSR count). The lowest BCUT2D eigenvalue weighted by Gasteiger charge is -2.21. The molecule has 80 valence electrons. The minimum atomic E-state index is 0.658. The molecule has 1 aromatic rings. The maximum atomic E-state index is 5.52. The van der Waals surface area contributed by atoms with Gasteiger partial charge in [0.2, 0.25) is 0 Å². The molecule has 14 heavy (non-hydrogen) atoms. The Bertz CT molecular complexity index is 275.